The van der Waals surface area contributed by atoms with E-state index in [-0.39, 0.29) is 6.04 Å². The Morgan fingerprint density at radius 3 is 1.92 bits per heavy atom. The SMILES string of the molecule is O=P(O)(O)OC(Cc1ccccc1)(Cc1ccccc1)C1CCCN1. The van der Waals surface area contributed by atoms with Crippen LogP contribution < -0.4 is 5.32 Å². The first-order chi connectivity index (χ1) is 12.0. The molecule has 6 heteroatoms. The lowest BCUT2D eigenvalue weighted by atomic mass is 9.81. The van der Waals surface area contributed by atoms with Crippen molar-refractivity contribution in [2.45, 2.75) is 37.3 Å². The van der Waals surface area contributed by atoms with Crippen molar-refractivity contribution in [1.29, 1.82) is 0 Å². The standard InChI is InChI=1S/C19H24NO4P/c21-25(22,23)24-19(18-12-7-13-20-18,14-16-8-3-1-4-9-16)15-17-10-5-2-6-11-17/h1-6,8-11,18,20H,7,12-15H2,(H2,21,22,23). The van der Waals surface area contributed by atoms with Crippen molar-refractivity contribution in [3.63, 3.8) is 0 Å². The number of benzene rings is 2. The van der Waals surface area contributed by atoms with Gasteiger partial charge in [0.2, 0.25) is 0 Å². The van der Waals surface area contributed by atoms with E-state index in [4.69, 9.17) is 4.52 Å². The van der Waals surface area contributed by atoms with Gasteiger partial charge in [0.15, 0.2) is 0 Å². The summed E-state index contributed by atoms with van der Waals surface area (Å²) in [7, 11) is -4.65. The molecular weight excluding hydrogens is 337 g/mol. The summed E-state index contributed by atoms with van der Waals surface area (Å²) in [4.78, 5) is 19.3. The molecule has 1 aliphatic rings. The second-order valence-electron chi connectivity index (χ2n) is 6.62. The highest BCUT2D eigenvalue weighted by molar-refractivity contribution is 7.46. The number of phosphoric acid groups is 1. The summed E-state index contributed by atoms with van der Waals surface area (Å²) in [5, 5.41) is 3.39. The van der Waals surface area contributed by atoms with Gasteiger partial charge in [0.1, 0.15) is 5.60 Å². The molecule has 1 heterocycles. The summed E-state index contributed by atoms with van der Waals surface area (Å²) in [5.41, 5.74) is 0.999. The normalized spacial score (nSPS) is 18.4. The second kappa shape index (κ2) is 7.81. The van der Waals surface area contributed by atoms with Crippen LogP contribution in [-0.2, 0) is 21.9 Å². The molecular formula is C19H24NO4P. The molecule has 0 aromatic heterocycles. The van der Waals surface area contributed by atoms with Gasteiger partial charge < -0.3 is 15.1 Å². The van der Waals surface area contributed by atoms with Crippen molar-refractivity contribution in [3.8, 4) is 0 Å². The number of hydrogen-bond acceptors (Lipinski definition) is 3. The second-order valence-corrected chi connectivity index (χ2v) is 7.78. The Balaban J connectivity index is 2.00. The Morgan fingerprint density at radius 1 is 1.00 bits per heavy atom. The predicted octanol–water partition coefficient (Wildman–Crippen LogP) is 3.07. The van der Waals surface area contributed by atoms with Crippen LogP contribution in [0.3, 0.4) is 0 Å². The van der Waals surface area contributed by atoms with Crippen LogP contribution in [-0.4, -0.2) is 28.0 Å². The number of phosphoric ester groups is 1. The van der Waals surface area contributed by atoms with Gasteiger partial charge in [-0.1, -0.05) is 60.7 Å². The fourth-order valence-electron chi connectivity index (χ4n) is 3.69. The van der Waals surface area contributed by atoms with Gasteiger partial charge in [0, 0.05) is 18.9 Å². The zero-order valence-electron chi connectivity index (χ0n) is 14.0. The molecule has 2 aromatic carbocycles. The molecule has 0 radical (unpaired) electrons. The van der Waals surface area contributed by atoms with Crippen molar-refractivity contribution < 1.29 is 18.9 Å². The Hall–Kier alpha value is -1.49. The highest BCUT2D eigenvalue weighted by Crippen LogP contribution is 2.46. The molecule has 0 aliphatic carbocycles. The molecule has 134 valence electrons. The van der Waals surface area contributed by atoms with Crippen molar-refractivity contribution in [2.75, 3.05) is 6.54 Å². The van der Waals surface area contributed by atoms with E-state index in [0.717, 1.165) is 30.5 Å². The fourth-order valence-corrected chi connectivity index (χ4v) is 4.42. The molecule has 5 nitrogen and oxygen atoms in total. The Bertz CT molecular complexity index is 669. The lowest BCUT2D eigenvalue weighted by molar-refractivity contribution is 0.00602. The first-order valence-electron chi connectivity index (χ1n) is 8.54. The molecule has 3 rings (SSSR count). The van der Waals surface area contributed by atoms with Gasteiger partial charge in [-0.05, 0) is 30.5 Å². The smallest absolute Gasteiger partial charge is 0.311 e. The zero-order chi connectivity index (χ0) is 17.8. The third-order valence-corrected chi connectivity index (χ3v) is 5.29. The van der Waals surface area contributed by atoms with E-state index in [9.17, 15) is 14.4 Å². The van der Waals surface area contributed by atoms with E-state index >= 15 is 0 Å². The predicted molar refractivity (Wildman–Crippen MR) is 97.2 cm³/mol. The molecule has 1 aliphatic heterocycles. The van der Waals surface area contributed by atoms with Crippen LogP contribution >= 0.6 is 7.82 Å². The van der Waals surface area contributed by atoms with E-state index in [1.165, 1.54) is 0 Å². The maximum atomic E-state index is 11.8. The summed E-state index contributed by atoms with van der Waals surface area (Å²) in [5.74, 6) is 0. The monoisotopic (exact) mass is 361 g/mol. The van der Waals surface area contributed by atoms with Gasteiger partial charge in [-0.25, -0.2) is 4.57 Å². The lowest BCUT2D eigenvalue weighted by Crippen LogP contribution is -2.52. The van der Waals surface area contributed by atoms with Crippen molar-refractivity contribution in [3.05, 3.63) is 71.8 Å². The van der Waals surface area contributed by atoms with Gasteiger partial charge in [-0.2, -0.15) is 0 Å². The van der Waals surface area contributed by atoms with Gasteiger partial charge in [-0.3, -0.25) is 4.52 Å². The molecule has 25 heavy (non-hydrogen) atoms. The van der Waals surface area contributed by atoms with Crippen LogP contribution in [0.5, 0.6) is 0 Å². The molecule has 0 bridgehead atoms. The molecule has 3 N–H and O–H groups in total. The highest BCUT2D eigenvalue weighted by atomic mass is 31.2. The quantitative estimate of drug-likeness (QED) is 0.661. The van der Waals surface area contributed by atoms with E-state index in [0.29, 0.717) is 12.8 Å². The average Bonchev–Trinajstić information content (AvgIpc) is 3.10. The zero-order valence-corrected chi connectivity index (χ0v) is 14.9. The Morgan fingerprint density at radius 2 is 1.52 bits per heavy atom. The third-order valence-electron chi connectivity index (χ3n) is 4.69. The van der Waals surface area contributed by atoms with Crippen LogP contribution in [0, 0.1) is 0 Å². The lowest BCUT2D eigenvalue weighted by Gasteiger charge is -2.39. The minimum Gasteiger partial charge on any atom is -0.311 e. The molecule has 1 saturated heterocycles. The van der Waals surface area contributed by atoms with Gasteiger partial charge in [-0.15, -0.1) is 0 Å². The molecule has 1 atom stereocenters. The third kappa shape index (κ3) is 5.00. The van der Waals surface area contributed by atoms with Crippen LogP contribution in [0.1, 0.15) is 24.0 Å². The van der Waals surface area contributed by atoms with E-state index < -0.39 is 13.4 Å². The number of hydrogen-bond donors (Lipinski definition) is 3. The molecule has 1 unspecified atom stereocenters. The van der Waals surface area contributed by atoms with Gasteiger partial charge in [0.05, 0.1) is 0 Å². The average molecular weight is 361 g/mol. The molecule has 0 saturated carbocycles. The van der Waals surface area contributed by atoms with Crippen LogP contribution in [0.15, 0.2) is 60.7 Å². The highest BCUT2D eigenvalue weighted by Gasteiger charge is 2.46. The van der Waals surface area contributed by atoms with Crippen molar-refractivity contribution >= 4 is 7.82 Å². The first kappa shape index (κ1) is 18.3. The van der Waals surface area contributed by atoms with Crippen LogP contribution in [0.2, 0.25) is 0 Å². The van der Waals surface area contributed by atoms with Crippen LogP contribution in [0.4, 0.5) is 0 Å². The number of nitrogens with one attached hydrogen (secondary N) is 1. The maximum Gasteiger partial charge on any atom is 0.470 e. The summed E-state index contributed by atoms with van der Waals surface area (Å²) in [6, 6.07) is 19.4. The summed E-state index contributed by atoms with van der Waals surface area (Å²) >= 11 is 0. The van der Waals surface area contributed by atoms with E-state index in [1.807, 2.05) is 60.7 Å². The van der Waals surface area contributed by atoms with Crippen molar-refractivity contribution in [1.82, 2.24) is 5.32 Å². The van der Waals surface area contributed by atoms with Gasteiger partial charge in [0.25, 0.3) is 0 Å². The van der Waals surface area contributed by atoms with Crippen molar-refractivity contribution in [2.24, 2.45) is 0 Å². The van der Waals surface area contributed by atoms with E-state index in [1.54, 1.807) is 0 Å². The largest absolute Gasteiger partial charge is 0.470 e. The number of rotatable bonds is 7. The Kier molecular flexibility index (Phi) is 5.72. The fraction of sp³-hybridized carbons (Fsp3) is 0.368. The minimum absolute atomic E-state index is 0.111. The summed E-state index contributed by atoms with van der Waals surface area (Å²) in [6.07, 6.45) is 2.68. The molecule has 1 fully saturated rings. The molecule has 0 spiro atoms. The summed E-state index contributed by atoms with van der Waals surface area (Å²) in [6.45, 7) is 0.834. The first-order valence-corrected chi connectivity index (χ1v) is 10.1. The molecule has 2 aromatic rings. The van der Waals surface area contributed by atoms with Gasteiger partial charge >= 0.3 is 7.82 Å². The van der Waals surface area contributed by atoms with E-state index in [2.05, 4.69) is 5.32 Å². The topological polar surface area (TPSA) is 78.8 Å². The molecule has 0 amide bonds. The Labute approximate surface area is 148 Å². The minimum atomic E-state index is -4.65. The van der Waals surface area contributed by atoms with Crippen LogP contribution in [0.25, 0.3) is 0 Å². The maximum absolute atomic E-state index is 11.8. The summed E-state index contributed by atoms with van der Waals surface area (Å²) < 4.78 is 17.3.